The van der Waals surface area contributed by atoms with Gasteiger partial charge in [0.25, 0.3) is 5.91 Å². The van der Waals surface area contributed by atoms with E-state index in [9.17, 15) is 9.59 Å². The molecule has 0 saturated carbocycles. The van der Waals surface area contributed by atoms with Gasteiger partial charge < -0.3 is 24.9 Å². The van der Waals surface area contributed by atoms with Crippen molar-refractivity contribution >= 4 is 35.1 Å². The summed E-state index contributed by atoms with van der Waals surface area (Å²) in [6, 6.07) is 11.9. The van der Waals surface area contributed by atoms with Crippen LogP contribution in [0.1, 0.15) is 51.2 Å². The number of anilines is 1. The first-order valence-corrected chi connectivity index (χ1v) is 14.0. The van der Waals surface area contributed by atoms with E-state index < -0.39 is 5.60 Å². The molecule has 0 radical (unpaired) electrons. The summed E-state index contributed by atoms with van der Waals surface area (Å²) in [6.07, 6.45) is 3.50. The average molecular weight is 553 g/mol. The second-order valence-electron chi connectivity index (χ2n) is 11.7. The van der Waals surface area contributed by atoms with Crippen LogP contribution in [-0.2, 0) is 21.6 Å². The van der Waals surface area contributed by atoms with E-state index in [0.717, 1.165) is 11.4 Å². The number of oxime groups is 1. The molecule has 1 N–H and O–H groups in total. The topological polar surface area (TPSA) is 90.4 Å². The van der Waals surface area contributed by atoms with Crippen molar-refractivity contribution in [3.8, 4) is 0 Å². The van der Waals surface area contributed by atoms with Gasteiger partial charge in [0.05, 0.1) is 5.02 Å². The van der Waals surface area contributed by atoms with Crippen LogP contribution in [0.2, 0.25) is 5.02 Å². The van der Waals surface area contributed by atoms with Gasteiger partial charge >= 0.3 is 6.03 Å². The highest BCUT2D eigenvalue weighted by Gasteiger charge is 2.45. The normalized spacial score (nSPS) is 19.1. The molecule has 3 aliphatic heterocycles. The lowest BCUT2D eigenvalue weighted by Gasteiger charge is -2.37. The predicted molar refractivity (Wildman–Crippen MR) is 152 cm³/mol. The van der Waals surface area contributed by atoms with Gasteiger partial charge in [-0.15, -0.1) is 0 Å². The molecule has 39 heavy (non-hydrogen) atoms. The van der Waals surface area contributed by atoms with Crippen LogP contribution in [0, 0.1) is 0 Å². The highest BCUT2D eigenvalue weighted by molar-refractivity contribution is 6.39. The Morgan fingerprint density at radius 2 is 1.69 bits per heavy atom. The van der Waals surface area contributed by atoms with E-state index in [-0.39, 0.29) is 17.4 Å². The number of benzene rings is 1. The fraction of sp³-hybridized carbons (Fsp3) is 0.517. The summed E-state index contributed by atoms with van der Waals surface area (Å²) < 4.78 is 0. The zero-order valence-electron chi connectivity index (χ0n) is 23.0. The molecule has 9 nitrogen and oxygen atoms in total. The number of piperidine rings is 1. The maximum Gasteiger partial charge on any atom is 0.317 e. The number of urea groups is 1. The summed E-state index contributed by atoms with van der Waals surface area (Å²) in [5, 5.41) is 7.86. The Bertz CT molecular complexity index is 1230. The van der Waals surface area contributed by atoms with Gasteiger partial charge in [0.1, 0.15) is 17.1 Å². The van der Waals surface area contributed by atoms with Crippen LogP contribution in [-0.4, -0.2) is 77.3 Å². The fourth-order valence-corrected chi connectivity index (χ4v) is 5.59. The zero-order chi connectivity index (χ0) is 27.6. The minimum atomic E-state index is -0.506. The molecule has 0 bridgehead atoms. The second-order valence-corrected chi connectivity index (χ2v) is 12.1. The summed E-state index contributed by atoms with van der Waals surface area (Å²) >= 11 is 6.29. The van der Waals surface area contributed by atoms with Crippen molar-refractivity contribution in [3.63, 3.8) is 0 Å². The van der Waals surface area contributed by atoms with Gasteiger partial charge in [-0.25, -0.2) is 9.78 Å². The number of carbonyl (C=O) groups is 2. The summed E-state index contributed by atoms with van der Waals surface area (Å²) in [5.74, 6) is 0.678. The molecule has 2 aromatic rings. The standard InChI is InChI=1S/C29H37ClN6O3/c1-28(2,3)22-8-6-21(7-9-22)20-32-27(38)36-13-10-29(11-14-36)19-24(33-39-29)26(37)35-17-15-34(16-18-35)25-23(30)5-4-12-31-25/h4-9,12H,10-11,13-20H2,1-3H3,(H,32,38). The fourth-order valence-electron chi connectivity index (χ4n) is 5.35. The molecular weight excluding hydrogens is 516 g/mol. The number of hydrogen-bond donors (Lipinski definition) is 1. The smallest absolute Gasteiger partial charge is 0.317 e. The van der Waals surface area contributed by atoms with Crippen LogP contribution in [0.4, 0.5) is 10.6 Å². The third-order valence-electron chi connectivity index (χ3n) is 7.92. The third kappa shape index (κ3) is 6.13. The molecule has 0 unspecified atom stereocenters. The molecule has 2 fully saturated rings. The molecule has 3 aliphatic rings. The Morgan fingerprint density at radius 1 is 1.00 bits per heavy atom. The highest BCUT2D eigenvalue weighted by Crippen LogP contribution is 2.35. The maximum atomic E-state index is 13.2. The van der Waals surface area contributed by atoms with Crippen LogP contribution in [0.5, 0.6) is 0 Å². The molecule has 0 atom stereocenters. The molecule has 1 aromatic heterocycles. The number of rotatable bonds is 4. The number of halogens is 1. The van der Waals surface area contributed by atoms with Crippen LogP contribution in [0.3, 0.4) is 0 Å². The number of likely N-dealkylation sites (tertiary alicyclic amines) is 1. The molecule has 3 amide bonds. The van der Waals surface area contributed by atoms with Crippen molar-refractivity contribution in [2.24, 2.45) is 5.16 Å². The molecule has 10 heteroatoms. The maximum absolute atomic E-state index is 13.2. The van der Waals surface area contributed by atoms with E-state index in [1.165, 1.54) is 5.56 Å². The number of carbonyl (C=O) groups excluding carboxylic acids is 2. The Kier molecular flexibility index (Phi) is 7.71. The lowest BCUT2D eigenvalue weighted by Crippen LogP contribution is -2.52. The second kappa shape index (κ2) is 11.0. The van der Waals surface area contributed by atoms with Gasteiger partial charge in [-0.1, -0.05) is 61.8 Å². The first kappa shape index (κ1) is 27.2. The van der Waals surface area contributed by atoms with Crippen molar-refractivity contribution in [1.29, 1.82) is 0 Å². The zero-order valence-corrected chi connectivity index (χ0v) is 23.7. The monoisotopic (exact) mass is 552 g/mol. The Labute approximate surface area is 235 Å². The number of nitrogens with one attached hydrogen (secondary N) is 1. The summed E-state index contributed by atoms with van der Waals surface area (Å²) in [6.45, 7) is 10.6. The Balaban J connectivity index is 1.06. The minimum absolute atomic E-state index is 0.0729. The van der Waals surface area contributed by atoms with Crippen molar-refractivity contribution < 1.29 is 14.4 Å². The van der Waals surface area contributed by atoms with Gasteiger partial charge in [0, 0.05) is 71.3 Å². The van der Waals surface area contributed by atoms with E-state index in [1.54, 1.807) is 6.20 Å². The molecule has 208 valence electrons. The van der Waals surface area contributed by atoms with E-state index in [0.29, 0.717) is 75.8 Å². The molecule has 2 saturated heterocycles. The molecule has 4 heterocycles. The third-order valence-corrected chi connectivity index (χ3v) is 8.21. The number of piperazine rings is 1. The SMILES string of the molecule is CC(C)(C)c1ccc(CNC(=O)N2CCC3(CC2)CC(C(=O)N2CCN(c4ncccc4Cl)CC2)=NO3)cc1. The van der Waals surface area contributed by atoms with E-state index in [2.05, 4.69) is 65.4 Å². The number of amides is 3. The van der Waals surface area contributed by atoms with Crippen molar-refractivity contribution in [2.45, 2.75) is 57.6 Å². The van der Waals surface area contributed by atoms with E-state index >= 15 is 0 Å². The average Bonchev–Trinajstić information content (AvgIpc) is 3.35. The summed E-state index contributed by atoms with van der Waals surface area (Å²) in [5.41, 5.74) is 2.41. The van der Waals surface area contributed by atoms with E-state index in [4.69, 9.17) is 16.4 Å². The highest BCUT2D eigenvalue weighted by atomic mass is 35.5. The molecule has 1 aromatic carbocycles. The Morgan fingerprint density at radius 3 is 2.33 bits per heavy atom. The Hall–Kier alpha value is -3.33. The molecule has 5 rings (SSSR count). The predicted octanol–water partition coefficient (Wildman–Crippen LogP) is 4.20. The van der Waals surface area contributed by atoms with Crippen LogP contribution >= 0.6 is 11.6 Å². The lowest BCUT2D eigenvalue weighted by molar-refractivity contribution is -0.124. The molecular formula is C29H37ClN6O3. The van der Waals surface area contributed by atoms with Gasteiger partial charge in [0.15, 0.2) is 0 Å². The van der Waals surface area contributed by atoms with Crippen LogP contribution in [0.25, 0.3) is 0 Å². The van der Waals surface area contributed by atoms with Crippen molar-refractivity contribution in [1.82, 2.24) is 20.1 Å². The first-order valence-electron chi connectivity index (χ1n) is 13.7. The van der Waals surface area contributed by atoms with Gasteiger partial charge in [0.2, 0.25) is 0 Å². The summed E-state index contributed by atoms with van der Waals surface area (Å²) in [7, 11) is 0. The summed E-state index contributed by atoms with van der Waals surface area (Å²) in [4.78, 5) is 42.0. The van der Waals surface area contributed by atoms with E-state index in [1.807, 2.05) is 21.9 Å². The molecule has 0 aliphatic carbocycles. The minimum Gasteiger partial charge on any atom is -0.388 e. The first-order chi connectivity index (χ1) is 18.6. The van der Waals surface area contributed by atoms with Crippen LogP contribution in [0.15, 0.2) is 47.8 Å². The van der Waals surface area contributed by atoms with Gasteiger partial charge in [-0.2, -0.15) is 0 Å². The quantitative estimate of drug-likeness (QED) is 0.614. The van der Waals surface area contributed by atoms with Gasteiger partial charge in [-0.05, 0) is 28.7 Å². The molecule has 1 spiro atoms. The van der Waals surface area contributed by atoms with Crippen molar-refractivity contribution in [3.05, 3.63) is 58.7 Å². The van der Waals surface area contributed by atoms with Crippen LogP contribution < -0.4 is 10.2 Å². The largest absolute Gasteiger partial charge is 0.388 e. The number of pyridine rings is 1. The van der Waals surface area contributed by atoms with Crippen molar-refractivity contribution in [2.75, 3.05) is 44.2 Å². The number of aromatic nitrogens is 1. The number of nitrogens with zero attached hydrogens (tertiary/aromatic N) is 5. The lowest BCUT2D eigenvalue weighted by atomic mass is 9.86. The van der Waals surface area contributed by atoms with Gasteiger partial charge in [-0.3, -0.25) is 4.79 Å². The number of hydrogen-bond acceptors (Lipinski definition) is 6.